The summed E-state index contributed by atoms with van der Waals surface area (Å²) in [6.45, 7) is 6.25. The lowest BCUT2D eigenvalue weighted by molar-refractivity contribution is -0.165. The quantitative estimate of drug-likeness (QED) is 0.344. The Bertz CT molecular complexity index is 1760. The first-order chi connectivity index (χ1) is 21.2. The van der Waals surface area contributed by atoms with Gasteiger partial charge in [0.05, 0.1) is 49.0 Å². The lowest BCUT2D eigenvalue weighted by atomic mass is 9.85. The van der Waals surface area contributed by atoms with E-state index in [-0.39, 0.29) is 71.4 Å². The number of amides is 1. The van der Waals surface area contributed by atoms with Gasteiger partial charge in [-0.2, -0.15) is 18.2 Å². The molecule has 9 nitrogen and oxygen atoms in total. The number of benzene rings is 2. The summed E-state index contributed by atoms with van der Waals surface area (Å²) in [5, 5.41) is 0.175. The topological polar surface area (TPSA) is 86.1 Å². The second-order valence-corrected chi connectivity index (χ2v) is 14.1. The van der Waals surface area contributed by atoms with E-state index >= 15 is 0 Å². The molecule has 3 aromatic rings. The van der Waals surface area contributed by atoms with Crippen LogP contribution in [0, 0.1) is 5.82 Å². The van der Waals surface area contributed by atoms with Crippen LogP contribution in [0.1, 0.15) is 38.8 Å². The highest BCUT2D eigenvalue weighted by Gasteiger charge is 2.64. The van der Waals surface area contributed by atoms with Gasteiger partial charge in [-0.25, -0.2) is 14.0 Å². The van der Waals surface area contributed by atoms with Gasteiger partial charge >= 0.3 is 18.0 Å². The number of nitrogens with zero attached hydrogens (tertiary/aromatic N) is 4. The number of aromatic nitrogens is 2. The predicted octanol–water partition coefficient (Wildman–Crippen LogP) is 5.48. The van der Waals surface area contributed by atoms with Crippen molar-refractivity contribution < 1.29 is 36.6 Å². The van der Waals surface area contributed by atoms with Crippen molar-refractivity contribution in [1.29, 1.82) is 0 Å². The third-order valence-electron chi connectivity index (χ3n) is 8.96. The number of halogens is 4. The summed E-state index contributed by atoms with van der Waals surface area (Å²) >= 11 is 1.21. The summed E-state index contributed by atoms with van der Waals surface area (Å²) in [4.78, 5) is 35.2. The van der Waals surface area contributed by atoms with Gasteiger partial charge in [-0.05, 0) is 44.5 Å². The molecular formula is C31H32F4N4O5S. The maximum absolute atomic E-state index is 14.9. The van der Waals surface area contributed by atoms with E-state index in [0.29, 0.717) is 11.9 Å². The monoisotopic (exact) mass is 648 g/mol. The van der Waals surface area contributed by atoms with Crippen LogP contribution in [-0.2, 0) is 20.4 Å². The van der Waals surface area contributed by atoms with Crippen LogP contribution < -0.4 is 10.6 Å². The number of ether oxygens (including phenoxy) is 3. The van der Waals surface area contributed by atoms with Crippen LogP contribution in [0.5, 0.6) is 0 Å². The molecule has 4 aliphatic heterocycles. The first-order valence-corrected chi connectivity index (χ1v) is 15.7. The van der Waals surface area contributed by atoms with E-state index in [1.807, 2.05) is 4.90 Å². The molecule has 0 N–H and O–H groups in total. The Morgan fingerprint density at radius 2 is 1.93 bits per heavy atom. The van der Waals surface area contributed by atoms with Gasteiger partial charge in [0, 0.05) is 41.7 Å². The largest absolute Gasteiger partial charge is 0.444 e. The van der Waals surface area contributed by atoms with Gasteiger partial charge < -0.3 is 24.0 Å². The Kier molecular flexibility index (Phi) is 6.95. The highest BCUT2D eigenvalue weighted by Crippen LogP contribution is 2.53. The standard InChI is InChI=1S/C31H32F4N4O5S/c1-29(2,3)44-28(41)37-11-18-10-30(15-37)22(13-43-30)38(18)26-20-9-21(31(33,34)35)23(16-5-7-17(32)8-6-16)25-24(20)39(27(40)36-26)19(12-42-4)14-45-25/h5-9,18-19,22H,10-15H2,1-4H3. The van der Waals surface area contributed by atoms with Gasteiger partial charge in [0.1, 0.15) is 22.8 Å². The third kappa shape index (κ3) is 4.87. The molecule has 2 bridgehead atoms. The molecule has 1 amide bonds. The smallest absolute Gasteiger partial charge is 0.417 e. The molecule has 2 aromatic carbocycles. The molecule has 3 saturated heterocycles. The van der Waals surface area contributed by atoms with Gasteiger partial charge in [0.25, 0.3) is 0 Å². The summed E-state index contributed by atoms with van der Waals surface area (Å²) in [6.07, 6.45) is -4.75. The van der Waals surface area contributed by atoms with Crippen LogP contribution in [0.3, 0.4) is 0 Å². The number of hydrogen-bond donors (Lipinski definition) is 0. The minimum atomic E-state index is -4.77. The molecule has 4 aliphatic rings. The van der Waals surface area contributed by atoms with Gasteiger partial charge in [-0.15, -0.1) is 11.8 Å². The molecule has 14 heteroatoms. The highest BCUT2D eigenvalue weighted by atomic mass is 32.2. The van der Waals surface area contributed by atoms with Gasteiger partial charge in [0.2, 0.25) is 0 Å². The summed E-state index contributed by atoms with van der Waals surface area (Å²) in [7, 11) is 1.50. The van der Waals surface area contributed by atoms with Gasteiger partial charge in [0.15, 0.2) is 0 Å². The van der Waals surface area contributed by atoms with Crippen molar-refractivity contribution >= 4 is 34.6 Å². The Morgan fingerprint density at radius 1 is 1.20 bits per heavy atom. The Labute approximate surface area is 260 Å². The normalized spacial score (nSPS) is 25.7. The number of thioether (sulfide) groups is 1. The molecule has 7 rings (SSSR count). The number of hydrogen-bond acceptors (Lipinski definition) is 8. The van der Waals surface area contributed by atoms with Gasteiger partial charge in [-0.1, -0.05) is 12.1 Å². The predicted molar refractivity (Wildman–Crippen MR) is 159 cm³/mol. The number of carbonyl (C=O) groups is 1. The van der Waals surface area contributed by atoms with Crippen molar-refractivity contribution in [2.24, 2.45) is 0 Å². The van der Waals surface area contributed by atoms with Crippen LogP contribution in [0.15, 0.2) is 40.0 Å². The lowest BCUT2D eigenvalue weighted by Gasteiger charge is -2.48. The average molecular weight is 649 g/mol. The van der Waals surface area contributed by atoms with Crippen LogP contribution in [0.4, 0.5) is 28.2 Å². The summed E-state index contributed by atoms with van der Waals surface area (Å²) < 4.78 is 77.1. The van der Waals surface area contributed by atoms with E-state index in [2.05, 4.69) is 4.98 Å². The minimum Gasteiger partial charge on any atom is -0.444 e. The molecule has 4 atom stereocenters. The molecular weight excluding hydrogens is 616 g/mol. The van der Waals surface area contributed by atoms with Crippen LogP contribution in [0.2, 0.25) is 0 Å². The maximum Gasteiger partial charge on any atom is 0.417 e. The molecule has 5 heterocycles. The second kappa shape index (κ2) is 10.3. The number of carbonyl (C=O) groups excluding carboxylic acids is 1. The summed E-state index contributed by atoms with van der Waals surface area (Å²) in [6, 6.07) is 4.79. The molecule has 0 radical (unpaired) electrons. The number of anilines is 1. The fourth-order valence-electron chi connectivity index (χ4n) is 7.20. The molecule has 1 aromatic heterocycles. The molecule has 0 saturated carbocycles. The molecule has 45 heavy (non-hydrogen) atoms. The first kappa shape index (κ1) is 30.3. The number of alkyl halides is 3. The first-order valence-electron chi connectivity index (χ1n) is 14.7. The Morgan fingerprint density at radius 3 is 2.56 bits per heavy atom. The van der Waals surface area contributed by atoms with E-state index in [1.165, 1.54) is 35.6 Å². The summed E-state index contributed by atoms with van der Waals surface area (Å²) in [5.74, 6) is -0.160. The van der Waals surface area contributed by atoms with E-state index in [9.17, 15) is 27.2 Å². The van der Waals surface area contributed by atoms with Crippen molar-refractivity contribution in [2.75, 3.05) is 44.1 Å². The zero-order chi connectivity index (χ0) is 32.1. The van der Waals surface area contributed by atoms with E-state index in [1.54, 1.807) is 25.7 Å². The minimum absolute atomic E-state index is 0.110. The Hall–Kier alpha value is -3.36. The lowest BCUT2D eigenvalue weighted by Crippen LogP contribution is -2.64. The maximum atomic E-state index is 14.9. The highest BCUT2D eigenvalue weighted by molar-refractivity contribution is 7.99. The summed E-state index contributed by atoms with van der Waals surface area (Å²) in [5.41, 5.74) is -2.57. The van der Waals surface area contributed by atoms with Crippen LogP contribution in [0.25, 0.3) is 22.0 Å². The van der Waals surface area contributed by atoms with Gasteiger partial charge in [-0.3, -0.25) is 4.57 Å². The van der Waals surface area contributed by atoms with Crippen molar-refractivity contribution in [3.8, 4) is 11.1 Å². The molecule has 1 spiro atoms. The van der Waals surface area contributed by atoms with Crippen LogP contribution >= 0.6 is 11.8 Å². The second-order valence-electron chi connectivity index (χ2n) is 13.1. The molecule has 0 aliphatic carbocycles. The fraction of sp³-hybridized carbons (Fsp3) is 0.516. The van der Waals surface area contributed by atoms with Crippen LogP contribution in [-0.4, -0.2) is 83.0 Å². The van der Waals surface area contributed by atoms with E-state index in [0.717, 1.165) is 18.2 Å². The SMILES string of the molecule is COCC1CSc2c(-c3ccc(F)cc3)c(C(F)(F)F)cc3c(N4C5CN(C(=O)OC(C)(C)C)CC6(C5)OCC46)nc(=O)n1c23. The van der Waals surface area contributed by atoms with Crippen molar-refractivity contribution in [3.63, 3.8) is 0 Å². The number of piperidine rings is 1. The zero-order valence-electron chi connectivity index (χ0n) is 25.1. The number of fused-ring (bicyclic) bond motifs is 1. The Balaban J connectivity index is 1.45. The van der Waals surface area contributed by atoms with E-state index < -0.39 is 46.6 Å². The van der Waals surface area contributed by atoms with E-state index in [4.69, 9.17) is 14.2 Å². The number of methoxy groups -OCH3 is 1. The third-order valence-corrected chi connectivity index (χ3v) is 10.2. The molecule has 240 valence electrons. The van der Waals surface area contributed by atoms with Crippen molar-refractivity contribution in [2.45, 2.75) is 67.6 Å². The number of rotatable bonds is 4. The average Bonchev–Trinajstić information content (AvgIpc) is 3.10. The van der Waals surface area contributed by atoms with Crippen molar-refractivity contribution in [1.82, 2.24) is 14.5 Å². The molecule has 4 unspecified atom stereocenters. The fourth-order valence-corrected chi connectivity index (χ4v) is 8.52. The van der Waals surface area contributed by atoms with Crippen molar-refractivity contribution in [3.05, 3.63) is 52.2 Å². The molecule has 3 fully saturated rings. The zero-order valence-corrected chi connectivity index (χ0v) is 25.9. The number of likely N-dealkylation sites (tertiary alicyclic amines) is 1.